The van der Waals surface area contributed by atoms with Crippen molar-refractivity contribution in [1.29, 1.82) is 0 Å². The number of carboxylic acid groups (broad SMARTS) is 1. The van der Waals surface area contributed by atoms with Crippen molar-refractivity contribution < 1.29 is 9.90 Å². The number of carbonyl (C=O) groups is 1. The van der Waals surface area contributed by atoms with Gasteiger partial charge < -0.3 is 5.11 Å². The molecule has 1 N–H and O–H groups in total. The summed E-state index contributed by atoms with van der Waals surface area (Å²) in [5.74, 6) is 0.540. The van der Waals surface area contributed by atoms with Crippen LogP contribution in [0.1, 0.15) is 16.2 Å². The number of hydrogen-bond donors (Lipinski definition) is 1. The molecule has 0 amide bonds. The van der Waals surface area contributed by atoms with E-state index in [-0.39, 0.29) is 5.56 Å². The molecule has 0 unspecified atom stereocenters. The number of aryl methyl sites for hydroxylation is 1. The molecule has 5 nitrogen and oxygen atoms in total. The standard InChI is InChI=1S/C16H13N3O2/c1-11-17-18-15(12-5-3-2-4-6-12)19(11)14-9-7-13(8-10-14)16(20)21/h2-10H,1H3,(H,20,21). The lowest BCUT2D eigenvalue weighted by atomic mass is 10.2. The Balaban J connectivity index is 2.10. The molecule has 0 aliphatic rings. The van der Waals surface area contributed by atoms with E-state index in [0.717, 1.165) is 22.9 Å². The summed E-state index contributed by atoms with van der Waals surface area (Å²) < 4.78 is 1.90. The molecule has 0 aliphatic heterocycles. The quantitative estimate of drug-likeness (QED) is 0.800. The van der Waals surface area contributed by atoms with Gasteiger partial charge in [-0.2, -0.15) is 0 Å². The van der Waals surface area contributed by atoms with Gasteiger partial charge in [-0.1, -0.05) is 30.3 Å². The van der Waals surface area contributed by atoms with E-state index in [1.165, 1.54) is 0 Å². The molecule has 21 heavy (non-hydrogen) atoms. The predicted octanol–water partition coefficient (Wildman–Crippen LogP) is 2.94. The average molecular weight is 279 g/mol. The molecule has 104 valence electrons. The van der Waals surface area contributed by atoms with Crippen LogP contribution in [-0.2, 0) is 0 Å². The van der Waals surface area contributed by atoms with Crippen LogP contribution in [0, 0.1) is 6.92 Å². The van der Waals surface area contributed by atoms with Crippen LogP contribution in [0.4, 0.5) is 0 Å². The van der Waals surface area contributed by atoms with E-state index in [9.17, 15) is 4.79 Å². The Kier molecular flexibility index (Phi) is 3.23. The molecule has 0 aliphatic carbocycles. The Morgan fingerprint density at radius 3 is 2.29 bits per heavy atom. The Morgan fingerprint density at radius 2 is 1.67 bits per heavy atom. The second-order valence-corrected chi connectivity index (χ2v) is 4.62. The van der Waals surface area contributed by atoms with Gasteiger partial charge in [0.25, 0.3) is 0 Å². The van der Waals surface area contributed by atoms with Crippen LogP contribution >= 0.6 is 0 Å². The fourth-order valence-electron chi connectivity index (χ4n) is 2.20. The number of nitrogens with zero attached hydrogens (tertiary/aromatic N) is 3. The van der Waals surface area contributed by atoms with Crippen LogP contribution in [0.25, 0.3) is 17.1 Å². The fourth-order valence-corrected chi connectivity index (χ4v) is 2.20. The molecule has 0 spiro atoms. The highest BCUT2D eigenvalue weighted by Gasteiger charge is 2.13. The van der Waals surface area contributed by atoms with Crippen molar-refractivity contribution in [3.05, 3.63) is 66.0 Å². The Labute approximate surface area is 121 Å². The van der Waals surface area contributed by atoms with Crippen molar-refractivity contribution in [2.24, 2.45) is 0 Å². The van der Waals surface area contributed by atoms with E-state index >= 15 is 0 Å². The van der Waals surface area contributed by atoms with Crippen LogP contribution in [0.5, 0.6) is 0 Å². The molecule has 3 aromatic rings. The number of aromatic nitrogens is 3. The van der Waals surface area contributed by atoms with Gasteiger partial charge in [0, 0.05) is 11.3 Å². The van der Waals surface area contributed by atoms with Gasteiger partial charge in [-0.15, -0.1) is 10.2 Å². The highest BCUT2D eigenvalue weighted by molar-refractivity contribution is 5.87. The molecule has 3 rings (SSSR count). The smallest absolute Gasteiger partial charge is 0.335 e. The van der Waals surface area contributed by atoms with Gasteiger partial charge in [0.05, 0.1) is 5.56 Å². The van der Waals surface area contributed by atoms with E-state index in [4.69, 9.17) is 5.11 Å². The summed E-state index contributed by atoms with van der Waals surface area (Å²) in [5, 5.41) is 17.3. The maximum Gasteiger partial charge on any atom is 0.335 e. The minimum atomic E-state index is -0.940. The highest BCUT2D eigenvalue weighted by Crippen LogP contribution is 2.22. The number of carboxylic acids is 1. The topological polar surface area (TPSA) is 68.0 Å². The van der Waals surface area contributed by atoms with Crippen LogP contribution in [0.2, 0.25) is 0 Å². The largest absolute Gasteiger partial charge is 0.478 e. The second-order valence-electron chi connectivity index (χ2n) is 4.62. The monoisotopic (exact) mass is 279 g/mol. The van der Waals surface area contributed by atoms with Gasteiger partial charge in [0.15, 0.2) is 5.82 Å². The zero-order chi connectivity index (χ0) is 14.8. The first-order chi connectivity index (χ1) is 10.2. The lowest BCUT2D eigenvalue weighted by molar-refractivity contribution is 0.0697. The normalized spacial score (nSPS) is 10.5. The van der Waals surface area contributed by atoms with E-state index in [2.05, 4.69) is 10.2 Å². The van der Waals surface area contributed by atoms with Crippen molar-refractivity contribution in [2.75, 3.05) is 0 Å². The lowest BCUT2D eigenvalue weighted by Gasteiger charge is -2.09. The summed E-state index contributed by atoms with van der Waals surface area (Å²) in [6.45, 7) is 1.87. The summed E-state index contributed by atoms with van der Waals surface area (Å²) in [4.78, 5) is 10.9. The summed E-state index contributed by atoms with van der Waals surface area (Å²) >= 11 is 0. The third-order valence-electron chi connectivity index (χ3n) is 3.23. The van der Waals surface area contributed by atoms with E-state index in [1.54, 1.807) is 24.3 Å². The summed E-state index contributed by atoms with van der Waals surface area (Å²) in [5.41, 5.74) is 2.05. The van der Waals surface area contributed by atoms with E-state index < -0.39 is 5.97 Å². The van der Waals surface area contributed by atoms with Gasteiger partial charge in [-0.05, 0) is 31.2 Å². The third kappa shape index (κ3) is 2.41. The number of benzene rings is 2. The molecular formula is C16H13N3O2. The van der Waals surface area contributed by atoms with Gasteiger partial charge in [0.2, 0.25) is 0 Å². The van der Waals surface area contributed by atoms with Gasteiger partial charge >= 0.3 is 5.97 Å². The van der Waals surface area contributed by atoms with Gasteiger partial charge in [-0.3, -0.25) is 4.57 Å². The molecule has 5 heteroatoms. The zero-order valence-corrected chi connectivity index (χ0v) is 11.4. The summed E-state index contributed by atoms with van der Waals surface area (Å²) in [7, 11) is 0. The maximum atomic E-state index is 10.9. The molecule has 0 saturated carbocycles. The van der Waals surface area contributed by atoms with Crippen LogP contribution in [-0.4, -0.2) is 25.8 Å². The number of hydrogen-bond acceptors (Lipinski definition) is 3. The third-order valence-corrected chi connectivity index (χ3v) is 3.23. The number of rotatable bonds is 3. The first-order valence-electron chi connectivity index (χ1n) is 6.48. The molecule has 0 bridgehead atoms. The van der Waals surface area contributed by atoms with Crippen molar-refractivity contribution in [2.45, 2.75) is 6.92 Å². The summed E-state index contributed by atoms with van der Waals surface area (Å²) in [6.07, 6.45) is 0. The van der Waals surface area contributed by atoms with Crippen LogP contribution < -0.4 is 0 Å². The SMILES string of the molecule is Cc1nnc(-c2ccccc2)n1-c1ccc(C(=O)O)cc1. The van der Waals surface area contributed by atoms with Gasteiger partial charge in [-0.25, -0.2) is 4.79 Å². The minimum absolute atomic E-state index is 0.255. The van der Waals surface area contributed by atoms with Crippen molar-refractivity contribution in [1.82, 2.24) is 14.8 Å². The van der Waals surface area contributed by atoms with Gasteiger partial charge in [0.1, 0.15) is 5.82 Å². The van der Waals surface area contributed by atoms with Crippen LogP contribution in [0.3, 0.4) is 0 Å². The summed E-state index contributed by atoms with van der Waals surface area (Å²) in [6, 6.07) is 16.4. The van der Waals surface area contributed by atoms with E-state index in [1.807, 2.05) is 41.8 Å². The maximum absolute atomic E-state index is 10.9. The molecule has 0 fully saturated rings. The second kappa shape index (κ2) is 5.20. The Bertz CT molecular complexity index is 777. The molecule has 1 heterocycles. The average Bonchev–Trinajstić information content (AvgIpc) is 2.90. The Hall–Kier alpha value is -2.95. The van der Waals surface area contributed by atoms with Crippen molar-refractivity contribution in [3.63, 3.8) is 0 Å². The highest BCUT2D eigenvalue weighted by atomic mass is 16.4. The van der Waals surface area contributed by atoms with Crippen LogP contribution in [0.15, 0.2) is 54.6 Å². The number of aromatic carboxylic acids is 1. The molecule has 1 aromatic heterocycles. The fraction of sp³-hybridized carbons (Fsp3) is 0.0625. The first-order valence-corrected chi connectivity index (χ1v) is 6.48. The molecule has 2 aromatic carbocycles. The molecular weight excluding hydrogens is 266 g/mol. The molecule has 0 atom stereocenters. The predicted molar refractivity (Wildman–Crippen MR) is 78.5 cm³/mol. The van der Waals surface area contributed by atoms with E-state index in [0.29, 0.717) is 0 Å². The molecule has 0 radical (unpaired) electrons. The van der Waals surface area contributed by atoms with Crippen molar-refractivity contribution in [3.8, 4) is 17.1 Å². The first kappa shape index (κ1) is 13.1. The zero-order valence-electron chi connectivity index (χ0n) is 11.4. The molecule has 0 saturated heterocycles. The Morgan fingerprint density at radius 1 is 1.00 bits per heavy atom. The van der Waals surface area contributed by atoms with Crippen molar-refractivity contribution >= 4 is 5.97 Å². The lowest BCUT2D eigenvalue weighted by Crippen LogP contribution is -2.01. The minimum Gasteiger partial charge on any atom is -0.478 e.